The summed E-state index contributed by atoms with van der Waals surface area (Å²) < 4.78 is 40.5. The second-order valence-corrected chi connectivity index (χ2v) is 8.56. The van der Waals surface area contributed by atoms with E-state index in [1.165, 1.54) is 0 Å². The topological polar surface area (TPSA) is 32.3 Å². The summed E-state index contributed by atoms with van der Waals surface area (Å²) in [5, 5.41) is 3.57. The van der Waals surface area contributed by atoms with Gasteiger partial charge in [0, 0.05) is 29.2 Å². The van der Waals surface area contributed by atoms with Crippen molar-refractivity contribution in [2.24, 2.45) is 0 Å². The smallest absolute Gasteiger partial charge is 0.254 e. The van der Waals surface area contributed by atoms with Crippen LogP contribution in [0.3, 0.4) is 0 Å². The average molecular weight is 370 g/mol. The summed E-state index contributed by atoms with van der Waals surface area (Å²) in [6.07, 6.45) is 3.16. The van der Waals surface area contributed by atoms with E-state index in [1.807, 2.05) is 6.92 Å². The predicted molar refractivity (Wildman–Crippen MR) is 96.6 cm³/mol. The van der Waals surface area contributed by atoms with Crippen LogP contribution in [0.15, 0.2) is 12.1 Å². The molecule has 3 nitrogen and oxygen atoms in total. The number of amides is 1. The molecule has 1 aliphatic heterocycles. The molecule has 0 aromatic heterocycles. The Kier molecular flexibility index (Phi) is 6.06. The van der Waals surface area contributed by atoms with E-state index in [4.69, 9.17) is 0 Å². The van der Waals surface area contributed by atoms with Crippen molar-refractivity contribution in [3.05, 3.63) is 35.1 Å². The Hall–Kier alpha value is -1.56. The molecule has 1 aromatic rings. The number of unbranched alkanes of at least 4 members (excludes halogenated alkanes) is 1. The number of halogens is 3. The Morgan fingerprint density at radius 3 is 2.08 bits per heavy atom. The minimum absolute atomic E-state index is 0.0588. The fourth-order valence-corrected chi connectivity index (χ4v) is 4.11. The van der Waals surface area contributed by atoms with Crippen molar-refractivity contribution in [2.45, 2.75) is 77.4 Å². The van der Waals surface area contributed by atoms with Gasteiger partial charge < -0.3 is 10.2 Å². The van der Waals surface area contributed by atoms with Crippen molar-refractivity contribution >= 4 is 5.91 Å². The number of hydrogen-bond donors (Lipinski definition) is 1. The number of rotatable bonds is 5. The lowest BCUT2D eigenvalue weighted by molar-refractivity contribution is 0.0440. The van der Waals surface area contributed by atoms with Crippen LogP contribution in [0.1, 0.15) is 70.7 Å². The summed E-state index contributed by atoms with van der Waals surface area (Å²) >= 11 is 0. The molecule has 1 aromatic carbocycles. The van der Waals surface area contributed by atoms with E-state index in [9.17, 15) is 18.0 Å². The van der Waals surface area contributed by atoms with Gasteiger partial charge in [-0.2, -0.15) is 0 Å². The van der Waals surface area contributed by atoms with Gasteiger partial charge in [-0.05, 0) is 59.1 Å². The lowest BCUT2D eigenvalue weighted by Gasteiger charge is -2.49. The molecule has 6 heteroatoms. The zero-order valence-corrected chi connectivity index (χ0v) is 16.3. The molecule has 1 amide bonds. The normalized spacial score (nSPS) is 19.4. The number of nitrogens with zero attached hydrogens (tertiary/aromatic N) is 1. The highest BCUT2D eigenvalue weighted by Crippen LogP contribution is 2.32. The van der Waals surface area contributed by atoms with Crippen LogP contribution < -0.4 is 5.32 Å². The SMILES string of the molecule is CCCCN(C(=O)c1cc(F)c(F)c(F)c1)C1CC(C)(C)NC(C)(C)C1. The molecule has 1 fully saturated rings. The summed E-state index contributed by atoms with van der Waals surface area (Å²) in [6, 6.07) is 1.52. The van der Waals surface area contributed by atoms with Gasteiger partial charge in [0.1, 0.15) is 0 Å². The summed E-state index contributed by atoms with van der Waals surface area (Å²) in [5.41, 5.74) is -0.487. The Morgan fingerprint density at radius 1 is 1.12 bits per heavy atom. The third-order valence-electron chi connectivity index (χ3n) is 4.85. The van der Waals surface area contributed by atoms with Gasteiger partial charge in [0.25, 0.3) is 5.91 Å². The van der Waals surface area contributed by atoms with Gasteiger partial charge >= 0.3 is 0 Å². The lowest BCUT2D eigenvalue weighted by Crippen LogP contribution is -2.62. The maximum atomic E-state index is 13.6. The van der Waals surface area contributed by atoms with E-state index in [2.05, 4.69) is 33.0 Å². The molecule has 0 atom stereocenters. The fraction of sp³-hybridized carbons (Fsp3) is 0.650. The molecule has 1 N–H and O–H groups in total. The quantitative estimate of drug-likeness (QED) is 0.765. The average Bonchev–Trinajstić information content (AvgIpc) is 2.49. The van der Waals surface area contributed by atoms with Crippen molar-refractivity contribution in [3.63, 3.8) is 0 Å². The Morgan fingerprint density at radius 2 is 1.62 bits per heavy atom. The van der Waals surface area contributed by atoms with Crippen LogP contribution in [0.4, 0.5) is 13.2 Å². The Labute approximate surface area is 154 Å². The first kappa shape index (κ1) is 20.7. The van der Waals surface area contributed by atoms with Crippen LogP contribution in [0.25, 0.3) is 0 Å². The number of carbonyl (C=O) groups is 1. The predicted octanol–water partition coefficient (Wildman–Crippen LogP) is 4.66. The molecule has 0 bridgehead atoms. The van der Waals surface area contributed by atoms with E-state index < -0.39 is 23.4 Å². The monoisotopic (exact) mass is 370 g/mol. The maximum Gasteiger partial charge on any atom is 0.254 e. The minimum atomic E-state index is -1.55. The van der Waals surface area contributed by atoms with E-state index >= 15 is 0 Å². The van der Waals surface area contributed by atoms with Crippen LogP contribution in [-0.2, 0) is 0 Å². The van der Waals surface area contributed by atoms with Crippen LogP contribution in [0, 0.1) is 17.5 Å². The highest BCUT2D eigenvalue weighted by atomic mass is 19.2. The molecule has 1 aliphatic rings. The molecule has 1 heterocycles. The van der Waals surface area contributed by atoms with Gasteiger partial charge in [-0.15, -0.1) is 0 Å². The molecule has 0 aliphatic carbocycles. The summed E-state index contributed by atoms with van der Waals surface area (Å²) in [6.45, 7) is 10.9. The summed E-state index contributed by atoms with van der Waals surface area (Å²) in [5.74, 6) is -4.68. The zero-order chi connectivity index (χ0) is 19.7. The van der Waals surface area contributed by atoms with Crippen LogP contribution in [0.5, 0.6) is 0 Å². The van der Waals surface area contributed by atoms with Gasteiger partial charge in [-0.1, -0.05) is 13.3 Å². The number of carbonyl (C=O) groups excluding carboxylic acids is 1. The first-order chi connectivity index (χ1) is 12.0. The van der Waals surface area contributed by atoms with E-state index in [0.717, 1.165) is 37.8 Å². The van der Waals surface area contributed by atoms with Crippen LogP contribution in [-0.4, -0.2) is 34.5 Å². The Balaban J connectivity index is 2.36. The maximum absolute atomic E-state index is 13.6. The molecular weight excluding hydrogens is 341 g/mol. The highest BCUT2D eigenvalue weighted by Gasteiger charge is 2.41. The molecule has 146 valence electrons. The zero-order valence-electron chi connectivity index (χ0n) is 16.3. The molecule has 1 saturated heterocycles. The van der Waals surface area contributed by atoms with Crippen molar-refractivity contribution in [1.29, 1.82) is 0 Å². The van der Waals surface area contributed by atoms with Crippen LogP contribution in [0.2, 0.25) is 0 Å². The lowest BCUT2D eigenvalue weighted by atomic mass is 9.78. The Bertz CT molecular complexity index is 634. The van der Waals surface area contributed by atoms with E-state index in [1.54, 1.807) is 4.90 Å². The van der Waals surface area contributed by atoms with Crippen molar-refractivity contribution < 1.29 is 18.0 Å². The van der Waals surface area contributed by atoms with Gasteiger partial charge in [-0.3, -0.25) is 4.79 Å². The molecule has 26 heavy (non-hydrogen) atoms. The first-order valence-corrected chi connectivity index (χ1v) is 9.20. The standard InChI is InChI=1S/C20H29F3N2O/c1-6-7-8-25(14-11-19(2,3)24-20(4,5)12-14)18(26)13-9-15(21)17(23)16(22)10-13/h9-10,14,24H,6-8,11-12H2,1-5H3. The second-order valence-electron chi connectivity index (χ2n) is 8.56. The third-order valence-corrected chi connectivity index (χ3v) is 4.85. The van der Waals surface area contributed by atoms with Gasteiger partial charge in [-0.25, -0.2) is 13.2 Å². The number of benzene rings is 1. The van der Waals surface area contributed by atoms with Crippen molar-refractivity contribution in [3.8, 4) is 0 Å². The fourth-order valence-electron chi connectivity index (χ4n) is 4.11. The number of nitrogens with one attached hydrogen (secondary N) is 1. The van der Waals surface area contributed by atoms with E-state index in [0.29, 0.717) is 6.54 Å². The highest BCUT2D eigenvalue weighted by molar-refractivity contribution is 5.94. The number of hydrogen-bond acceptors (Lipinski definition) is 2. The summed E-state index contributed by atoms with van der Waals surface area (Å²) in [4.78, 5) is 14.7. The molecule has 0 spiro atoms. The second kappa shape index (κ2) is 7.59. The molecule has 0 radical (unpaired) electrons. The third kappa shape index (κ3) is 4.78. The number of piperidine rings is 1. The molecule has 0 unspecified atom stereocenters. The van der Waals surface area contributed by atoms with E-state index in [-0.39, 0.29) is 22.7 Å². The van der Waals surface area contributed by atoms with Crippen molar-refractivity contribution in [2.75, 3.05) is 6.54 Å². The molecular formula is C20H29F3N2O. The largest absolute Gasteiger partial charge is 0.336 e. The summed E-state index contributed by atoms with van der Waals surface area (Å²) in [7, 11) is 0. The van der Waals surface area contributed by atoms with Gasteiger partial charge in [0.05, 0.1) is 0 Å². The van der Waals surface area contributed by atoms with Crippen molar-refractivity contribution in [1.82, 2.24) is 10.2 Å². The molecule has 0 saturated carbocycles. The minimum Gasteiger partial charge on any atom is -0.336 e. The van der Waals surface area contributed by atoms with Crippen LogP contribution >= 0.6 is 0 Å². The van der Waals surface area contributed by atoms with Gasteiger partial charge in [0.15, 0.2) is 17.5 Å². The first-order valence-electron chi connectivity index (χ1n) is 9.20. The molecule has 2 rings (SSSR count). The van der Waals surface area contributed by atoms with Gasteiger partial charge in [0.2, 0.25) is 0 Å².